The average molecular weight is 294 g/mol. The summed E-state index contributed by atoms with van der Waals surface area (Å²) in [6.07, 6.45) is 10.3. The molecule has 0 aliphatic heterocycles. The summed E-state index contributed by atoms with van der Waals surface area (Å²) in [4.78, 5) is 4.12. The molecule has 0 aliphatic carbocycles. The highest BCUT2D eigenvalue weighted by Crippen LogP contribution is 2.29. The van der Waals surface area contributed by atoms with Gasteiger partial charge in [-0.1, -0.05) is 51.9 Å². The first kappa shape index (κ1) is 17.9. The molecule has 0 bridgehead atoms. The van der Waals surface area contributed by atoms with Gasteiger partial charge in [-0.3, -0.25) is 4.98 Å². The molecule has 0 amide bonds. The third-order valence-electron chi connectivity index (χ3n) is 4.02. The Balaban J connectivity index is 2.42. The van der Waals surface area contributed by atoms with Crippen molar-refractivity contribution >= 4 is 0 Å². The lowest BCUT2D eigenvalue weighted by Gasteiger charge is -2.16. The van der Waals surface area contributed by atoms with Gasteiger partial charge in [-0.15, -0.1) is 0 Å². The minimum atomic E-state index is -0.585. The fourth-order valence-corrected chi connectivity index (χ4v) is 2.61. The predicted molar refractivity (Wildman–Crippen MR) is 86.1 cm³/mol. The highest BCUT2D eigenvalue weighted by molar-refractivity contribution is 5.41. The molecular formula is C17H30N2O2. The van der Waals surface area contributed by atoms with E-state index in [4.69, 9.17) is 5.73 Å². The van der Waals surface area contributed by atoms with E-state index in [0.29, 0.717) is 23.2 Å². The van der Waals surface area contributed by atoms with E-state index in [1.54, 1.807) is 13.1 Å². The van der Waals surface area contributed by atoms with Crippen molar-refractivity contribution in [2.45, 2.75) is 77.9 Å². The van der Waals surface area contributed by atoms with Crippen LogP contribution in [0.3, 0.4) is 0 Å². The zero-order chi connectivity index (χ0) is 15.7. The molecule has 1 rings (SSSR count). The normalized spacial score (nSPS) is 12.6. The van der Waals surface area contributed by atoms with Crippen molar-refractivity contribution in [3.8, 4) is 5.75 Å². The van der Waals surface area contributed by atoms with Gasteiger partial charge in [0.05, 0.1) is 11.8 Å². The average Bonchev–Trinajstić information content (AvgIpc) is 2.48. The monoisotopic (exact) mass is 294 g/mol. The summed E-state index contributed by atoms with van der Waals surface area (Å²) in [7, 11) is 0. The maximum Gasteiger partial charge on any atom is 0.141 e. The van der Waals surface area contributed by atoms with Gasteiger partial charge >= 0.3 is 0 Å². The van der Waals surface area contributed by atoms with Gasteiger partial charge in [-0.2, -0.15) is 0 Å². The maximum atomic E-state index is 10.3. The summed E-state index contributed by atoms with van der Waals surface area (Å²) < 4.78 is 0. The van der Waals surface area contributed by atoms with Crippen LogP contribution in [0.15, 0.2) is 6.20 Å². The van der Waals surface area contributed by atoms with Gasteiger partial charge in [0.15, 0.2) is 0 Å². The van der Waals surface area contributed by atoms with E-state index in [0.717, 1.165) is 12.8 Å². The molecule has 21 heavy (non-hydrogen) atoms. The van der Waals surface area contributed by atoms with Gasteiger partial charge in [0, 0.05) is 23.9 Å². The number of hydrogen-bond donors (Lipinski definition) is 3. The van der Waals surface area contributed by atoms with Gasteiger partial charge < -0.3 is 15.9 Å². The van der Waals surface area contributed by atoms with Crippen molar-refractivity contribution < 1.29 is 10.2 Å². The second-order valence-electron chi connectivity index (χ2n) is 5.76. The van der Waals surface area contributed by atoms with Crippen LogP contribution >= 0.6 is 0 Å². The molecule has 0 radical (unpaired) electrons. The van der Waals surface area contributed by atoms with E-state index < -0.39 is 6.10 Å². The molecular weight excluding hydrogens is 264 g/mol. The first-order valence-corrected chi connectivity index (χ1v) is 8.17. The summed E-state index contributed by atoms with van der Waals surface area (Å²) in [5, 5.41) is 20.2. The molecule has 1 atom stereocenters. The topological polar surface area (TPSA) is 79.4 Å². The molecule has 1 aromatic rings. The van der Waals surface area contributed by atoms with Crippen LogP contribution in [0.25, 0.3) is 0 Å². The maximum absolute atomic E-state index is 10.3. The molecule has 0 saturated heterocycles. The second kappa shape index (κ2) is 9.74. The second-order valence-corrected chi connectivity index (χ2v) is 5.76. The standard InChI is InChI=1S/C17H30N2O2/c1-3-4-5-6-7-8-9-10-16(20)15-12-19-13(2)17(21)14(15)11-18/h12,16,20-21H,3-11,18H2,1-2H3. The summed E-state index contributed by atoms with van der Waals surface area (Å²) >= 11 is 0. The SMILES string of the molecule is CCCCCCCCCC(O)c1cnc(C)c(O)c1CN. The third-order valence-corrected chi connectivity index (χ3v) is 4.02. The number of aryl methyl sites for hydroxylation is 1. The number of aromatic nitrogens is 1. The van der Waals surface area contributed by atoms with Gasteiger partial charge in [-0.05, 0) is 13.3 Å². The van der Waals surface area contributed by atoms with E-state index in [2.05, 4.69) is 11.9 Å². The van der Waals surface area contributed by atoms with Gasteiger partial charge in [0.1, 0.15) is 5.75 Å². The fraction of sp³-hybridized carbons (Fsp3) is 0.706. The van der Waals surface area contributed by atoms with Crippen molar-refractivity contribution in [2.24, 2.45) is 5.73 Å². The van der Waals surface area contributed by atoms with Crippen molar-refractivity contribution in [1.29, 1.82) is 0 Å². The smallest absolute Gasteiger partial charge is 0.141 e. The Hall–Kier alpha value is -1.13. The van der Waals surface area contributed by atoms with Crippen LogP contribution in [-0.4, -0.2) is 15.2 Å². The number of unbranched alkanes of at least 4 members (excludes halogenated alkanes) is 6. The lowest BCUT2D eigenvalue weighted by molar-refractivity contribution is 0.161. The zero-order valence-electron chi connectivity index (χ0n) is 13.4. The van der Waals surface area contributed by atoms with E-state index in [1.807, 2.05) is 0 Å². The van der Waals surface area contributed by atoms with Crippen LogP contribution in [0.2, 0.25) is 0 Å². The number of hydrogen-bond acceptors (Lipinski definition) is 4. The van der Waals surface area contributed by atoms with Crippen molar-refractivity contribution in [3.63, 3.8) is 0 Å². The zero-order valence-corrected chi connectivity index (χ0v) is 13.4. The first-order chi connectivity index (χ1) is 10.1. The molecule has 4 heteroatoms. The summed E-state index contributed by atoms with van der Waals surface area (Å²) in [6.45, 7) is 4.18. The van der Waals surface area contributed by atoms with Crippen LogP contribution in [0.1, 0.15) is 81.2 Å². The molecule has 0 fully saturated rings. The summed E-state index contributed by atoms with van der Waals surface area (Å²) in [5.41, 5.74) is 7.54. The van der Waals surface area contributed by atoms with E-state index in [-0.39, 0.29) is 12.3 Å². The number of nitrogens with zero attached hydrogens (tertiary/aromatic N) is 1. The lowest BCUT2D eigenvalue weighted by atomic mass is 9.98. The Kier molecular flexibility index (Phi) is 8.31. The summed E-state index contributed by atoms with van der Waals surface area (Å²) in [6, 6.07) is 0. The van der Waals surface area contributed by atoms with E-state index >= 15 is 0 Å². The van der Waals surface area contributed by atoms with Crippen LogP contribution in [0.5, 0.6) is 5.75 Å². The molecule has 4 nitrogen and oxygen atoms in total. The Morgan fingerprint density at radius 1 is 1.14 bits per heavy atom. The quantitative estimate of drug-likeness (QED) is 0.574. The first-order valence-electron chi connectivity index (χ1n) is 8.17. The molecule has 0 aromatic carbocycles. The Labute approximate surface area is 128 Å². The van der Waals surface area contributed by atoms with Crippen molar-refractivity contribution in [1.82, 2.24) is 4.98 Å². The molecule has 4 N–H and O–H groups in total. The minimum Gasteiger partial charge on any atom is -0.506 e. The molecule has 0 aliphatic rings. The number of aliphatic hydroxyl groups is 1. The largest absolute Gasteiger partial charge is 0.506 e. The summed E-state index contributed by atoms with van der Waals surface area (Å²) in [5.74, 6) is 0.119. The molecule has 1 aromatic heterocycles. The Morgan fingerprint density at radius 2 is 1.76 bits per heavy atom. The van der Waals surface area contributed by atoms with Gasteiger partial charge in [-0.25, -0.2) is 0 Å². The molecule has 0 saturated carbocycles. The van der Waals surface area contributed by atoms with Gasteiger partial charge in [0.25, 0.3) is 0 Å². The number of pyridine rings is 1. The van der Waals surface area contributed by atoms with Crippen LogP contribution in [-0.2, 0) is 6.54 Å². The number of aromatic hydroxyl groups is 1. The van der Waals surface area contributed by atoms with Crippen LogP contribution in [0, 0.1) is 6.92 Å². The molecule has 1 heterocycles. The Bertz CT molecular complexity index is 421. The van der Waals surface area contributed by atoms with Crippen molar-refractivity contribution in [3.05, 3.63) is 23.0 Å². The molecule has 120 valence electrons. The lowest BCUT2D eigenvalue weighted by Crippen LogP contribution is -2.08. The van der Waals surface area contributed by atoms with E-state index in [9.17, 15) is 10.2 Å². The molecule has 0 spiro atoms. The molecule has 1 unspecified atom stereocenters. The fourth-order valence-electron chi connectivity index (χ4n) is 2.61. The minimum absolute atomic E-state index is 0.119. The van der Waals surface area contributed by atoms with Crippen LogP contribution < -0.4 is 5.73 Å². The Morgan fingerprint density at radius 3 is 2.38 bits per heavy atom. The third kappa shape index (κ3) is 5.64. The number of nitrogens with two attached hydrogens (primary N) is 1. The predicted octanol–water partition coefficient (Wildman–Crippen LogP) is 3.73. The number of aliphatic hydroxyl groups excluding tert-OH is 1. The number of rotatable bonds is 10. The van der Waals surface area contributed by atoms with E-state index in [1.165, 1.54) is 32.1 Å². The highest BCUT2D eigenvalue weighted by Gasteiger charge is 2.16. The highest BCUT2D eigenvalue weighted by atomic mass is 16.3. The van der Waals surface area contributed by atoms with Crippen molar-refractivity contribution in [2.75, 3.05) is 0 Å². The van der Waals surface area contributed by atoms with Gasteiger partial charge in [0.2, 0.25) is 0 Å². The van der Waals surface area contributed by atoms with Crippen LogP contribution in [0.4, 0.5) is 0 Å².